The molecule has 0 saturated carbocycles. The van der Waals surface area contributed by atoms with Crippen LogP contribution in [0.1, 0.15) is 166 Å². The lowest BCUT2D eigenvalue weighted by Crippen LogP contribution is -2.84. The van der Waals surface area contributed by atoms with E-state index < -0.39 is 54.4 Å². The molecule has 1 saturated heterocycles. The molecular weight excluding hydrogens is 673 g/mol. The van der Waals surface area contributed by atoms with Gasteiger partial charge in [-0.3, -0.25) is 0 Å². The Kier molecular flexibility index (Phi) is 15.4. The summed E-state index contributed by atoms with van der Waals surface area (Å²) in [6, 6.07) is 0. The maximum Gasteiger partial charge on any atom is 0.355 e. The molecule has 4 unspecified atom stereocenters. The van der Waals surface area contributed by atoms with Crippen LogP contribution in [0.2, 0.25) is 20.2 Å². The Morgan fingerprint density at radius 2 is 0.417 bits per heavy atom. The second-order valence-electron chi connectivity index (χ2n) is 19.4. The van der Waals surface area contributed by atoms with E-state index >= 15 is 0 Å². The zero-order valence-electron chi connectivity index (χ0n) is 35.9. The molecule has 12 heteroatoms. The number of hydrogen-bond donors (Lipinski definition) is 0. The summed E-state index contributed by atoms with van der Waals surface area (Å²) in [7, 11) is -14.3. The van der Waals surface area contributed by atoms with E-state index in [9.17, 15) is 0 Å². The summed E-state index contributed by atoms with van der Waals surface area (Å²) in [6.45, 7) is 52.1. The van der Waals surface area contributed by atoms with Crippen LogP contribution in [0.25, 0.3) is 0 Å². The van der Waals surface area contributed by atoms with E-state index in [2.05, 4.69) is 166 Å². The van der Waals surface area contributed by atoms with Gasteiger partial charge in [-0.2, -0.15) is 0 Å². The van der Waals surface area contributed by atoms with E-state index in [1.54, 1.807) is 0 Å². The van der Waals surface area contributed by atoms with Crippen molar-refractivity contribution >= 4 is 34.2 Å². The second-order valence-corrected chi connectivity index (χ2v) is 37.2. The largest absolute Gasteiger partial charge is 0.412 e. The monoisotopic (exact) mass is 752 g/mol. The number of ether oxygens (including phenoxy) is 4. The van der Waals surface area contributed by atoms with Gasteiger partial charge in [0.2, 0.25) is 0 Å². The molecule has 0 aliphatic carbocycles. The molecule has 1 aliphatic rings. The molecule has 0 N–H and O–H groups in total. The third-order valence-corrected chi connectivity index (χ3v) is 32.3. The fraction of sp³-hybridized carbons (Fsp3) is 1.00. The molecule has 8 nitrogen and oxygen atoms in total. The fourth-order valence-corrected chi connectivity index (χ4v) is 38.5. The fourth-order valence-electron chi connectivity index (χ4n) is 7.30. The van der Waals surface area contributed by atoms with Gasteiger partial charge in [0.05, 0.1) is 47.3 Å². The summed E-state index contributed by atoms with van der Waals surface area (Å²) < 4.78 is 60.1. The molecule has 48 heavy (non-hydrogen) atoms. The molecule has 0 bridgehead atoms. The van der Waals surface area contributed by atoms with E-state index in [1.165, 1.54) is 0 Å². The minimum absolute atomic E-state index is 0.0428. The highest BCUT2D eigenvalue weighted by molar-refractivity contribution is 6.98. The highest BCUT2D eigenvalue weighted by atomic mass is 28.5. The lowest BCUT2D eigenvalue weighted by atomic mass is 10.2. The Bertz CT molecular complexity index is 839. The molecule has 0 spiro atoms. The summed E-state index contributed by atoms with van der Waals surface area (Å²) in [5.74, 6) is 0. The molecular formula is C36H80O8Si4. The van der Waals surface area contributed by atoms with E-state index in [-0.39, 0.29) is 47.3 Å². The maximum atomic E-state index is 8.19. The van der Waals surface area contributed by atoms with Crippen molar-refractivity contribution in [1.29, 1.82) is 0 Å². The molecule has 4 atom stereocenters. The van der Waals surface area contributed by atoms with Gasteiger partial charge in [-0.25, -0.2) is 0 Å². The van der Waals surface area contributed by atoms with Gasteiger partial charge in [-0.15, -0.1) is 0 Å². The summed E-state index contributed by atoms with van der Waals surface area (Å²) in [5, 5.41) is -1.84. The Morgan fingerprint density at radius 1 is 0.292 bits per heavy atom. The first kappa shape index (κ1) is 46.6. The van der Waals surface area contributed by atoms with Crippen molar-refractivity contribution in [3.05, 3.63) is 0 Å². The van der Waals surface area contributed by atoms with Crippen molar-refractivity contribution in [2.75, 3.05) is 0 Å². The van der Waals surface area contributed by atoms with Crippen molar-refractivity contribution in [1.82, 2.24) is 0 Å². The van der Waals surface area contributed by atoms with Crippen LogP contribution < -0.4 is 0 Å². The SMILES string of the molecule is CC(C)OC(C)[Si]1(C(C)(C)C)O[Si](C(C)OC(C)C)(C(C)(C)C)O[Si](C(C)OC(C)C)(C(C)(C)C)O[Si](C(C)OC(C)C)(C(C)(C)C)O1. The van der Waals surface area contributed by atoms with Crippen LogP contribution in [0.15, 0.2) is 0 Å². The molecule has 0 amide bonds. The average molecular weight is 753 g/mol. The van der Waals surface area contributed by atoms with E-state index in [4.69, 9.17) is 35.4 Å². The van der Waals surface area contributed by atoms with Gasteiger partial charge in [0, 0.05) is 20.2 Å². The zero-order chi connectivity index (χ0) is 38.3. The molecule has 0 aromatic heterocycles. The second kappa shape index (κ2) is 15.9. The molecule has 0 radical (unpaired) electrons. The van der Waals surface area contributed by atoms with Crippen LogP contribution >= 0.6 is 0 Å². The van der Waals surface area contributed by atoms with E-state index in [0.29, 0.717) is 0 Å². The van der Waals surface area contributed by atoms with Crippen molar-refractivity contribution < 1.29 is 35.4 Å². The Morgan fingerprint density at radius 3 is 0.500 bits per heavy atom. The van der Waals surface area contributed by atoms with Gasteiger partial charge in [0.15, 0.2) is 0 Å². The average Bonchev–Trinajstić information content (AvgIpc) is 2.79. The van der Waals surface area contributed by atoms with Crippen LogP contribution in [0.5, 0.6) is 0 Å². The lowest BCUT2D eigenvalue weighted by Gasteiger charge is -2.65. The van der Waals surface area contributed by atoms with Gasteiger partial charge in [-0.05, 0) is 83.1 Å². The summed E-state index contributed by atoms with van der Waals surface area (Å²) >= 11 is 0. The van der Waals surface area contributed by atoms with Gasteiger partial charge in [0.25, 0.3) is 0 Å². The van der Waals surface area contributed by atoms with Crippen LogP contribution in [-0.4, -0.2) is 81.6 Å². The van der Waals surface area contributed by atoms with Crippen molar-refractivity contribution in [2.45, 2.75) is 234 Å². The first-order valence-corrected chi connectivity index (χ1v) is 26.2. The Labute approximate surface area is 302 Å². The molecule has 1 heterocycles. The zero-order valence-corrected chi connectivity index (χ0v) is 39.9. The first-order valence-electron chi connectivity index (χ1n) is 18.6. The first-order chi connectivity index (χ1) is 21.2. The molecule has 1 rings (SSSR count). The molecule has 288 valence electrons. The van der Waals surface area contributed by atoms with Gasteiger partial charge in [0.1, 0.15) is 0 Å². The van der Waals surface area contributed by atoms with E-state index in [1.807, 2.05) is 0 Å². The highest BCUT2D eigenvalue weighted by Gasteiger charge is 2.77. The predicted octanol–water partition coefficient (Wildman–Crippen LogP) is 10.4. The molecule has 1 fully saturated rings. The Balaban J connectivity index is 4.81. The van der Waals surface area contributed by atoms with E-state index in [0.717, 1.165) is 0 Å². The molecule has 0 aromatic rings. The van der Waals surface area contributed by atoms with Crippen LogP contribution in [0.3, 0.4) is 0 Å². The summed E-state index contributed by atoms with van der Waals surface area (Å²) in [6.07, 6.45) is -0.171. The third-order valence-electron chi connectivity index (χ3n) is 9.44. The van der Waals surface area contributed by atoms with Gasteiger partial charge < -0.3 is 35.4 Å². The minimum Gasteiger partial charge on any atom is -0.412 e. The van der Waals surface area contributed by atoms with Crippen molar-refractivity contribution in [2.24, 2.45) is 0 Å². The van der Waals surface area contributed by atoms with Gasteiger partial charge in [-0.1, -0.05) is 83.1 Å². The van der Waals surface area contributed by atoms with Crippen LogP contribution in [0, 0.1) is 0 Å². The standard InChI is InChI=1S/C36H80O8Si4/c1-25(2)37-29(9)45(33(13,14)15)41-46(34(16,17)18,30(10)38-26(3)4)43-48(36(22,23)24,32(12)40-28(7)8)44-47(42-45,35(19,20)21)31(11)39-27(5)6/h25-32H,1-24H3. The summed E-state index contributed by atoms with van der Waals surface area (Å²) in [4.78, 5) is 0. The van der Waals surface area contributed by atoms with Crippen LogP contribution in [-0.2, 0) is 35.4 Å². The van der Waals surface area contributed by atoms with Gasteiger partial charge >= 0.3 is 34.2 Å². The van der Waals surface area contributed by atoms with Crippen molar-refractivity contribution in [3.63, 3.8) is 0 Å². The van der Waals surface area contributed by atoms with Crippen molar-refractivity contribution in [3.8, 4) is 0 Å². The number of rotatable bonds is 12. The summed E-state index contributed by atoms with van der Waals surface area (Å²) in [5.41, 5.74) is -1.45. The smallest absolute Gasteiger partial charge is 0.355 e. The topological polar surface area (TPSA) is 73.8 Å². The quantitative estimate of drug-likeness (QED) is 0.183. The number of hydrogen-bond acceptors (Lipinski definition) is 8. The maximum absolute atomic E-state index is 8.19. The minimum atomic E-state index is -3.57. The van der Waals surface area contributed by atoms with Crippen LogP contribution in [0.4, 0.5) is 0 Å². The normalized spacial score (nSPS) is 31.2. The lowest BCUT2D eigenvalue weighted by molar-refractivity contribution is -0.0183. The molecule has 1 aliphatic heterocycles. The predicted molar refractivity (Wildman–Crippen MR) is 209 cm³/mol. The third kappa shape index (κ3) is 9.55. The Hall–Kier alpha value is 0.548. The highest BCUT2D eigenvalue weighted by Crippen LogP contribution is 2.59. The molecule has 0 aromatic carbocycles.